The number of fused-ring (bicyclic) bond motifs is 1. The van der Waals surface area contributed by atoms with Crippen molar-refractivity contribution < 1.29 is 4.74 Å². The normalized spacial score (nSPS) is 29.5. The molecule has 1 aromatic heterocycles. The average Bonchev–Trinajstić information content (AvgIpc) is 2.93. The van der Waals surface area contributed by atoms with Gasteiger partial charge in [0, 0.05) is 31.1 Å². The molecule has 118 valence electrons. The van der Waals surface area contributed by atoms with Gasteiger partial charge in [-0.2, -0.15) is 0 Å². The Morgan fingerprint density at radius 1 is 1.48 bits per heavy atom. The Bertz CT molecular complexity index is 490. The standard InChI is InChI=1S/C16H27N3OS/c1-4-17-12-7-5-8-13-14(12)21-15(18-13)19-10-6-9-16(2,11-19)20-3/h12,17H,4-11H2,1-3H3. The smallest absolute Gasteiger partial charge is 0.185 e. The lowest BCUT2D eigenvalue weighted by molar-refractivity contribution is -0.00466. The third-order valence-corrected chi connectivity index (χ3v) is 6.08. The molecule has 5 heteroatoms. The van der Waals surface area contributed by atoms with Gasteiger partial charge in [-0.1, -0.05) is 18.3 Å². The minimum Gasteiger partial charge on any atom is -0.377 e. The predicted octanol–water partition coefficient (Wildman–Crippen LogP) is 3.14. The minimum atomic E-state index is -0.0223. The Morgan fingerprint density at radius 2 is 2.33 bits per heavy atom. The molecule has 2 heterocycles. The first-order valence-electron chi connectivity index (χ1n) is 8.18. The molecule has 0 aromatic carbocycles. The maximum atomic E-state index is 5.71. The van der Waals surface area contributed by atoms with Crippen LogP contribution in [-0.2, 0) is 11.2 Å². The Hall–Kier alpha value is -0.650. The zero-order valence-corrected chi connectivity index (χ0v) is 14.3. The molecule has 1 aliphatic heterocycles. The highest BCUT2D eigenvalue weighted by Crippen LogP contribution is 2.39. The van der Waals surface area contributed by atoms with E-state index in [-0.39, 0.29) is 5.60 Å². The number of aryl methyl sites for hydroxylation is 1. The van der Waals surface area contributed by atoms with Crippen molar-refractivity contribution in [1.82, 2.24) is 10.3 Å². The van der Waals surface area contributed by atoms with E-state index in [9.17, 15) is 0 Å². The molecule has 4 nitrogen and oxygen atoms in total. The van der Waals surface area contributed by atoms with Crippen LogP contribution in [0.15, 0.2) is 0 Å². The fourth-order valence-corrected chi connectivity index (χ4v) is 4.77. The summed E-state index contributed by atoms with van der Waals surface area (Å²) < 4.78 is 5.71. The molecule has 1 saturated heterocycles. The molecule has 2 unspecified atom stereocenters. The van der Waals surface area contributed by atoms with Crippen molar-refractivity contribution in [1.29, 1.82) is 0 Å². The van der Waals surface area contributed by atoms with Crippen LogP contribution in [0.5, 0.6) is 0 Å². The SMILES string of the molecule is CCNC1CCCc2nc(N3CCCC(C)(OC)C3)sc21. The molecule has 3 rings (SSSR count). The molecule has 2 atom stereocenters. The van der Waals surface area contributed by atoms with Crippen LogP contribution in [0, 0.1) is 0 Å². The second kappa shape index (κ2) is 6.23. The fourth-order valence-electron chi connectivity index (χ4n) is 3.52. The summed E-state index contributed by atoms with van der Waals surface area (Å²) in [7, 11) is 1.83. The molecule has 2 aliphatic rings. The van der Waals surface area contributed by atoms with Crippen molar-refractivity contribution in [3.8, 4) is 0 Å². The molecule has 1 aromatic rings. The molecule has 0 radical (unpaired) electrons. The van der Waals surface area contributed by atoms with Gasteiger partial charge in [0.05, 0.1) is 11.3 Å². The van der Waals surface area contributed by atoms with Crippen molar-refractivity contribution >= 4 is 16.5 Å². The second-order valence-electron chi connectivity index (χ2n) is 6.49. The molecule has 1 N–H and O–H groups in total. The van der Waals surface area contributed by atoms with Crippen LogP contribution in [0.4, 0.5) is 5.13 Å². The zero-order chi connectivity index (χ0) is 14.9. The van der Waals surface area contributed by atoms with Crippen molar-refractivity contribution in [2.24, 2.45) is 0 Å². The number of hydrogen-bond acceptors (Lipinski definition) is 5. The summed E-state index contributed by atoms with van der Waals surface area (Å²) in [6.07, 6.45) is 5.97. The van der Waals surface area contributed by atoms with Gasteiger partial charge in [0.15, 0.2) is 5.13 Å². The van der Waals surface area contributed by atoms with E-state index >= 15 is 0 Å². The Kier molecular flexibility index (Phi) is 4.52. The molecule has 0 bridgehead atoms. The van der Waals surface area contributed by atoms with Gasteiger partial charge >= 0.3 is 0 Å². The fraction of sp³-hybridized carbons (Fsp3) is 0.812. The first-order chi connectivity index (χ1) is 10.1. The maximum absolute atomic E-state index is 5.71. The lowest BCUT2D eigenvalue weighted by Crippen LogP contribution is -2.47. The van der Waals surface area contributed by atoms with Gasteiger partial charge in [-0.05, 0) is 45.6 Å². The second-order valence-corrected chi connectivity index (χ2v) is 7.50. The number of nitrogens with one attached hydrogen (secondary N) is 1. The maximum Gasteiger partial charge on any atom is 0.185 e. The van der Waals surface area contributed by atoms with Crippen molar-refractivity contribution in [3.05, 3.63) is 10.6 Å². The van der Waals surface area contributed by atoms with Crippen molar-refractivity contribution in [2.45, 2.75) is 57.6 Å². The van der Waals surface area contributed by atoms with Gasteiger partial charge in [-0.25, -0.2) is 4.98 Å². The summed E-state index contributed by atoms with van der Waals surface area (Å²) in [6, 6.07) is 0.517. The van der Waals surface area contributed by atoms with Gasteiger partial charge in [0.25, 0.3) is 0 Å². The molecular formula is C16H27N3OS. The van der Waals surface area contributed by atoms with Crippen LogP contribution >= 0.6 is 11.3 Å². The molecule has 0 spiro atoms. The van der Waals surface area contributed by atoms with Crippen LogP contribution in [0.25, 0.3) is 0 Å². The number of anilines is 1. The van der Waals surface area contributed by atoms with E-state index in [0.29, 0.717) is 6.04 Å². The van der Waals surface area contributed by atoms with E-state index in [4.69, 9.17) is 9.72 Å². The molecule has 0 saturated carbocycles. The predicted molar refractivity (Wildman–Crippen MR) is 88.3 cm³/mol. The molecule has 1 fully saturated rings. The highest BCUT2D eigenvalue weighted by atomic mass is 32.1. The Labute approximate surface area is 131 Å². The number of methoxy groups -OCH3 is 1. The number of thiazole rings is 1. The lowest BCUT2D eigenvalue weighted by atomic mass is 9.95. The number of hydrogen-bond donors (Lipinski definition) is 1. The van der Waals surface area contributed by atoms with Crippen LogP contribution in [0.3, 0.4) is 0 Å². The molecule has 1 aliphatic carbocycles. The van der Waals surface area contributed by atoms with E-state index in [1.54, 1.807) is 0 Å². The minimum absolute atomic E-state index is 0.0223. The number of nitrogens with zero attached hydrogens (tertiary/aromatic N) is 2. The van der Waals surface area contributed by atoms with E-state index < -0.39 is 0 Å². The van der Waals surface area contributed by atoms with Gasteiger partial charge in [-0.3, -0.25) is 0 Å². The van der Waals surface area contributed by atoms with Gasteiger partial charge in [0.2, 0.25) is 0 Å². The Morgan fingerprint density at radius 3 is 3.10 bits per heavy atom. The summed E-state index contributed by atoms with van der Waals surface area (Å²) in [5, 5.41) is 4.81. The highest BCUT2D eigenvalue weighted by molar-refractivity contribution is 7.15. The van der Waals surface area contributed by atoms with Crippen molar-refractivity contribution in [3.63, 3.8) is 0 Å². The van der Waals surface area contributed by atoms with Gasteiger partial charge in [0.1, 0.15) is 0 Å². The van der Waals surface area contributed by atoms with Gasteiger partial charge in [-0.15, -0.1) is 0 Å². The van der Waals surface area contributed by atoms with Crippen molar-refractivity contribution in [2.75, 3.05) is 31.6 Å². The number of aromatic nitrogens is 1. The summed E-state index contributed by atoms with van der Waals surface area (Å²) in [4.78, 5) is 8.86. The molecule has 0 amide bonds. The van der Waals surface area contributed by atoms with E-state index in [1.807, 2.05) is 18.4 Å². The quantitative estimate of drug-likeness (QED) is 0.927. The zero-order valence-electron chi connectivity index (χ0n) is 13.4. The summed E-state index contributed by atoms with van der Waals surface area (Å²) in [5.41, 5.74) is 1.31. The largest absolute Gasteiger partial charge is 0.377 e. The van der Waals surface area contributed by atoms with E-state index in [0.717, 1.165) is 32.5 Å². The first-order valence-corrected chi connectivity index (χ1v) is 9.00. The third-order valence-electron chi connectivity index (χ3n) is 4.81. The summed E-state index contributed by atoms with van der Waals surface area (Å²) >= 11 is 1.90. The molecule has 21 heavy (non-hydrogen) atoms. The van der Waals surface area contributed by atoms with E-state index in [1.165, 1.54) is 35.0 Å². The third kappa shape index (κ3) is 3.10. The van der Waals surface area contributed by atoms with E-state index in [2.05, 4.69) is 24.1 Å². The summed E-state index contributed by atoms with van der Waals surface area (Å²) in [5.74, 6) is 0. The molecular weight excluding hydrogens is 282 g/mol. The number of piperidine rings is 1. The first kappa shape index (κ1) is 15.3. The van der Waals surface area contributed by atoms with Crippen LogP contribution in [0.1, 0.15) is 56.1 Å². The monoisotopic (exact) mass is 309 g/mol. The highest BCUT2D eigenvalue weighted by Gasteiger charge is 2.33. The van der Waals surface area contributed by atoms with Gasteiger partial charge < -0.3 is 15.0 Å². The lowest BCUT2D eigenvalue weighted by Gasteiger charge is -2.39. The Balaban J connectivity index is 1.80. The van der Waals surface area contributed by atoms with Crippen LogP contribution in [0.2, 0.25) is 0 Å². The van der Waals surface area contributed by atoms with Crippen LogP contribution < -0.4 is 10.2 Å². The average molecular weight is 309 g/mol. The van der Waals surface area contributed by atoms with Crippen LogP contribution in [-0.4, -0.2) is 37.3 Å². The number of rotatable bonds is 4. The number of ether oxygens (including phenoxy) is 1. The summed E-state index contributed by atoms with van der Waals surface area (Å²) in [6.45, 7) is 7.50. The topological polar surface area (TPSA) is 37.4 Å².